The average Bonchev–Trinajstić information content (AvgIpc) is 3.17. The minimum absolute atomic E-state index is 0.391. The summed E-state index contributed by atoms with van der Waals surface area (Å²) in [4.78, 5) is 11.2. The average molecular weight is 432 g/mol. The van der Waals surface area contributed by atoms with E-state index in [-0.39, 0.29) is 0 Å². The second-order valence-electron chi connectivity index (χ2n) is 6.97. The maximum absolute atomic E-state index is 4.64. The predicted octanol–water partition coefficient (Wildman–Crippen LogP) is 3.16. The van der Waals surface area contributed by atoms with Crippen LogP contribution in [0.2, 0.25) is 0 Å². The molecule has 1 N–H and O–H groups in total. The lowest BCUT2D eigenvalue weighted by Gasteiger charge is -2.22. The van der Waals surface area contributed by atoms with Gasteiger partial charge in [0.2, 0.25) is 0 Å². The van der Waals surface area contributed by atoms with Crippen LogP contribution in [-0.2, 0) is 20.1 Å². The van der Waals surface area contributed by atoms with Crippen molar-refractivity contribution in [1.82, 2.24) is 29.4 Å². The molecule has 0 fully saturated rings. The smallest absolute Gasteiger partial charge is 0.194 e. The van der Waals surface area contributed by atoms with Crippen LogP contribution in [0.1, 0.15) is 36.7 Å². The van der Waals surface area contributed by atoms with E-state index in [1.54, 1.807) is 7.05 Å². The van der Waals surface area contributed by atoms with Gasteiger partial charge in [0.1, 0.15) is 5.65 Å². The third-order valence-electron chi connectivity index (χ3n) is 4.36. The van der Waals surface area contributed by atoms with Gasteiger partial charge in [-0.25, -0.2) is 4.98 Å². The largest absolute Gasteiger partial charge is 0.351 e. The molecule has 0 saturated carbocycles. The Labute approximate surface area is 168 Å². The van der Waals surface area contributed by atoms with Crippen molar-refractivity contribution in [2.45, 2.75) is 32.9 Å². The molecule has 0 aromatic carbocycles. The third-order valence-corrected chi connectivity index (χ3v) is 4.83. The van der Waals surface area contributed by atoms with Gasteiger partial charge in [-0.3, -0.25) is 9.67 Å². The number of fused-ring (bicyclic) bond motifs is 1. The number of halogens is 1. The van der Waals surface area contributed by atoms with Gasteiger partial charge >= 0.3 is 0 Å². The van der Waals surface area contributed by atoms with E-state index in [1.165, 1.54) is 5.56 Å². The maximum atomic E-state index is 4.64. The molecule has 0 atom stereocenters. The Morgan fingerprint density at radius 2 is 2.07 bits per heavy atom. The van der Waals surface area contributed by atoms with Gasteiger partial charge in [-0.05, 0) is 34.0 Å². The Morgan fingerprint density at radius 1 is 1.30 bits per heavy atom. The van der Waals surface area contributed by atoms with Crippen LogP contribution in [0.4, 0.5) is 0 Å². The quantitative estimate of drug-likeness (QED) is 0.497. The van der Waals surface area contributed by atoms with Crippen LogP contribution in [0, 0.1) is 0 Å². The molecular weight excluding hydrogens is 406 g/mol. The molecule has 7 nitrogen and oxygen atoms in total. The minimum Gasteiger partial charge on any atom is -0.351 e. The standard InChI is InChI=1S/C19H26BrN7/c1-13(2)18-14(10-26(5)24-18)9-25(4)19(21-3)22-8-16-12-27-11-15(20)6-7-17(27)23-16/h6-7,10-13H,8-9H2,1-5H3,(H,21,22). The maximum Gasteiger partial charge on any atom is 0.194 e. The summed E-state index contributed by atoms with van der Waals surface area (Å²) in [7, 11) is 5.80. The Balaban J connectivity index is 1.67. The second-order valence-corrected chi connectivity index (χ2v) is 7.89. The molecule has 0 amide bonds. The number of aliphatic imine (C=N–C) groups is 1. The first-order valence-corrected chi connectivity index (χ1v) is 9.74. The van der Waals surface area contributed by atoms with Gasteiger partial charge in [0, 0.05) is 56.3 Å². The van der Waals surface area contributed by atoms with E-state index >= 15 is 0 Å². The van der Waals surface area contributed by atoms with E-state index in [0.717, 1.165) is 34.0 Å². The lowest BCUT2D eigenvalue weighted by Crippen LogP contribution is -2.38. The highest BCUT2D eigenvalue weighted by Crippen LogP contribution is 2.18. The normalized spacial score (nSPS) is 12.2. The molecule has 3 aromatic heterocycles. The molecule has 0 spiro atoms. The second kappa shape index (κ2) is 8.12. The van der Waals surface area contributed by atoms with Crippen LogP contribution in [0.5, 0.6) is 0 Å². The van der Waals surface area contributed by atoms with Gasteiger partial charge in [-0.1, -0.05) is 13.8 Å². The fourth-order valence-corrected chi connectivity index (χ4v) is 3.50. The summed E-state index contributed by atoms with van der Waals surface area (Å²) in [6.07, 6.45) is 6.11. The fraction of sp³-hybridized carbons (Fsp3) is 0.421. The molecule has 0 radical (unpaired) electrons. The molecule has 0 bridgehead atoms. The molecule has 3 aromatic rings. The number of hydrogen-bond donors (Lipinski definition) is 1. The molecule has 3 heterocycles. The Kier molecular flexibility index (Phi) is 5.84. The number of pyridine rings is 1. The molecule has 0 aliphatic rings. The van der Waals surface area contributed by atoms with E-state index in [4.69, 9.17) is 0 Å². The zero-order valence-electron chi connectivity index (χ0n) is 16.4. The first-order chi connectivity index (χ1) is 12.9. The van der Waals surface area contributed by atoms with E-state index in [0.29, 0.717) is 12.5 Å². The Bertz CT molecular complexity index is 954. The summed E-state index contributed by atoms with van der Waals surface area (Å²) in [5.74, 6) is 1.22. The van der Waals surface area contributed by atoms with Gasteiger partial charge in [-0.2, -0.15) is 5.10 Å². The number of nitrogens with one attached hydrogen (secondary N) is 1. The van der Waals surface area contributed by atoms with Crippen LogP contribution in [0.15, 0.2) is 40.2 Å². The van der Waals surface area contributed by atoms with Gasteiger partial charge in [0.15, 0.2) is 5.96 Å². The summed E-state index contributed by atoms with van der Waals surface area (Å²) in [5, 5.41) is 7.98. The van der Waals surface area contributed by atoms with Crippen LogP contribution >= 0.6 is 15.9 Å². The molecule has 0 aliphatic carbocycles. The van der Waals surface area contributed by atoms with Gasteiger partial charge in [0.05, 0.1) is 17.9 Å². The molecule has 3 rings (SSSR count). The SMILES string of the molecule is CN=C(NCc1cn2cc(Br)ccc2n1)N(C)Cc1cn(C)nc1C(C)C. The fourth-order valence-electron chi connectivity index (χ4n) is 3.15. The monoisotopic (exact) mass is 431 g/mol. The minimum atomic E-state index is 0.391. The van der Waals surface area contributed by atoms with Gasteiger partial charge in [-0.15, -0.1) is 0 Å². The Hall–Kier alpha value is -2.35. The molecule has 0 unspecified atom stereocenters. The third kappa shape index (κ3) is 4.50. The molecular formula is C19H26BrN7. The molecule has 144 valence electrons. The van der Waals surface area contributed by atoms with E-state index in [2.05, 4.69) is 61.3 Å². The number of imidazole rings is 1. The number of aryl methyl sites for hydroxylation is 1. The van der Waals surface area contributed by atoms with Crippen molar-refractivity contribution in [1.29, 1.82) is 0 Å². The Morgan fingerprint density at radius 3 is 2.78 bits per heavy atom. The summed E-state index contributed by atoms with van der Waals surface area (Å²) < 4.78 is 4.92. The molecule has 0 saturated heterocycles. The van der Waals surface area contributed by atoms with Crippen molar-refractivity contribution in [3.8, 4) is 0 Å². The van der Waals surface area contributed by atoms with Crippen molar-refractivity contribution >= 4 is 27.5 Å². The highest BCUT2D eigenvalue weighted by Gasteiger charge is 2.15. The first-order valence-electron chi connectivity index (χ1n) is 8.94. The van der Waals surface area contributed by atoms with E-state index in [1.807, 2.05) is 47.7 Å². The lowest BCUT2D eigenvalue weighted by molar-refractivity contribution is 0.473. The summed E-state index contributed by atoms with van der Waals surface area (Å²) in [5.41, 5.74) is 4.24. The predicted molar refractivity (Wildman–Crippen MR) is 112 cm³/mol. The molecule has 27 heavy (non-hydrogen) atoms. The number of hydrogen-bond acceptors (Lipinski definition) is 3. The first kappa shape index (κ1) is 19.4. The topological polar surface area (TPSA) is 62.8 Å². The summed E-state index contributed by atoms with van der Waals surface area (Å²) in [6.45, 7) is 5.70. The van der Waals surface area contributed by atoms with Crippen LogP contribution in [0.25, 0.3) is 5.65 Å². The van der Waals surface area contributed by atoms with Crippen molar-refractivity contribution in [3.05, 3.63) is 52.1 Å². The van der Waals surface area contributed by atoms with Crippen LogP contribution in [-0.4, -0.2) is 44.1 Å². The molecule has 8 heteroatoms. The van der Waals surface area contributed by atoms with Crippen molar-refractivity contribution in [2.75, 3.05) is 14.1 Å². The number of nitrogens with zero attached hydrogens (tertiary/aromatic N) is 6. The zero-order chi connectivity index (χ0) is 19.6. The highest BCUT2D eigenvalue weighted by atomic mass is 79.9. The van der Waals surface area contributed by atoms with Crippen LogP contribution < -0.4 is 5.32 Å². The van der Waals surface area contributed by atoms with Crippen LogP contribution in [0.3, 0.4) is 0 Å². The van der Waals surface area contributed by atoms with Crippen molar-refractivity contribution in [3.63, 3.8) is 0 Å². The van der Waals surface area contributed by atoms with E-state index < -0.39 is 0 Å². The van der Waals surface area contributed by atoms with Crippen molar-refractivity contribution < 1.29 is 0 Å². The van der Waals surface area contributed by atoms with Gasteiger partial charge in [0.25, 0.3) is 0 Å². The number of aromatic nitrogens is 4. The molecule has 0 aliphatic heterocycles. The van der Waals surface area contributed by atoms with Crippen molar-refractivity contribution in [2.24, 2.45) is 12.0 Å². The lowest BCUT2D eigenvalue weighted by atomic mass is 10.1. The summed E-state index contributed by atoms with van der Waals surface area (Å²) >= 11 is 3.49. The number of guanidine groups is 1. The highest BCUT2D eigenvalue weighted by molar-refractivity contribution is 9.10. The van der Waals surface area contributed by atoms with E-state index in [9.17, 15) is 0 Å². The zero-order valence-corrected chi connectivity index (χ0v) is 18.0. The summed E-state index contributed by atoms with van der Waals surface area (Å²) in [6, 6.07) is 3.98. The van der Waals surface area contributed by atoms with Gasteiger partial charge < -0.3 is 14.6 Å². The number of rotatable bonds is 5.